The molecule has 4 nitrogen and oxygen atoms in total. The maximum Gasteiger partial charge on any atom is 0.258 e. The molecule has 3 aromatic rings. The first kappa shape index (κ1) is 16.0. The average molecular weight is 334 g/mol. The highest BCUT2D eigenvalue weighted by Gasteiger charge is 2.27. The second kappa shape index (κ2) is 6.45. The Hall–Kier alpha value is -2.46. The number of aromatic nitrogens is 2. The van der Waals surface area contributed by atoms with Crippen molar-refractivity contribution in [3.63, 3.8) is 0 Å². The molecule has 4 heteroatoms. The Morgan fingerprint density at radius 2 is 2.04 bits per heavy atom. The smallest absolute Gasteiger partial charge is 0.258 e. The first-order chi connectivity index (χ1) is 12.1. The molecule has 0 saturated carbocycles. The van der Waals surface area contributed by atoms with Crippen LogP contribution in [0, 0.1) is 6.92 Å². The molecule has 128 valence electrons. The quantitative estimate of drug-likeness (QED) is 0.797. The fourth-order valence-electron chi connectivity index (χ4n) is 4.13. The van der Waals surface area contributed by atoms with E-state index in [0.29, 0.717) is 6.04 Å². The molecule has 0 bridgehead atoms. The zero-order valence-corrected chi connectivity index (χ0v) is 14.8. The van der Waals surface area contributed by atoms with Gasteiger partial charge in [0.05, 0.1) is 7.05 Å². The van der Waals surface area contributed by atoms with Gasteiger partial charge in [0.25, 0.3) is 5.56 Å². The van der Waals surface area contributed by atoms with Crippen molar-refractivity contribution in [1.29, 1.82) is 0 Å². The van der Waals surface area contributed by atoms with E-state index in [0.717, 1.165) is 23.6 Å². The van der Waals surface area contributed by atoms with E-state index in [1.807, 2.05) is 25.1 Å². The van der Waals surface area contributed by atoms with E-state index in [1.165, 1.54) is 35.3 Å². The number of aryl methyl sites for hydroxylation is 2. The van der Waals surface area contributed by atoms with E-state index in [2.05, 4.69) is 31.3 Å². The summed E-state index contributed by atoms with van der Waals surface area (Å²) < 4.78 is 1.68. The van der Waals surface area contributed by atoms with Gasteiger partial charge in [-0.2, -0.15) is 0 Å². The van der Waals surface area contributed by atoms with Crippen molar-refractivity contribution < 1.29 is 4.90 Å². The summed E-state index contributed by atoms with van der Waals surface area (Å²) in [5.41, 5.74) is 5.47. The van der Waals surface area contributed by atoms with E-state index in [1.54, 1.807) is 10.5 Å². The van der Waals surface area contributed by atoms with Crippen LogP contribution in [0.2, 0.25) is 0 Å². The van der Waals surface area contributed by atoms with Gasteiger partial charge in [0.15, 0.2) is 0 Å². The zero-order chi connectivity index (χ0) is 17.4. The number of fused-ring (bicyclic) bond motifs is 2. The summed E-state index contributed by atoms with van der Waals surface area (Å²) in [5.74, 6) is 0. The topological polar surface area (TPSA) is 38.8 Å². The number of pyridine rings is 1. The van der Waals surface area contributed by atoms with Gasteiger partial charge in [-0.15, -0.1) is 0 Å². The third-order valence-corrected chi connectivity index (χ3v) is 5.36. The minimum atomic E-state index is 0.00921. The molecule has 0 spiro atoms. The van der Waals surface area contributed by atoms with Crippen LogP contribution in [0.4, 0.5) is 0 Å². The van der Waals surface area contributed by atoms with Gasteiger partial charge in [0.2, 0.25) is 0 Å². The summed E-state index contributed by atoms with van der Waals surface area (Å²) in [6.07, 6.45) is 3.59. The van der Waals surface area contributed by atoms with Crippen LogP contribution in [0.1, 0.15) is 41.4 Å². The third-order valence-electron chi connectivity index (χ3n) is 5.36. The van der Waals surface area contributed by atoms with Gasteiger partial charge in [-0.25, -0.2) is 4.98 Å². The summed E-state index contributed by atoms with van der Waals surface area (Å²) >= 11 is 0. The van der Waals surface area contributed by atoms with Crippen LogP contribution in [0.3, 0.4) is 0 Å². The maximum atomic E-state index is 12.5. The second-order valence-electron chi connectivity index (χ2n) is 7.11. The van der Waals surface area contributed by atoms with Crippen LogP contribution in [0.25, 0.3) is 5.65 Å². The highest BCUT2D eigenvalue weighted by Crippen LogP contribution is 2.27. The Morgan fingerprint density at radius 1 is 1.20 bits per heavy atom. The first-order valence-corrected chi connectivity index (χ1v) is 9.02. The summed E-state index contributed by atoms with van der Waals surface area (Å²) in [6, 6.07) is 16.7. The molecule has 2 aromatic heterocycles. The molecule has 0 saturated heterocycles. The summed E-state index contributed by atoms with van der Waals surface area (Å²) in [7, 11) is 2.21. The molecule has 1 aromatic carbocycles. The molecule has 1 aliphatic rings. The first-order valence-electron chi connectivity index (χ1n) is 9.02. The molecule has 0 amide bonds. The van der Waals surface area contributed by atoms with Crippen LogP contribution < -0.4 is 10.5 Å². The lowest BCUT2D eigenvalue weighted by Crippen LogP contribution is -3.08. The number of nitrogens with zero attached hydrogens (tertiary/aromatic N) is 2. The Kier molecular flexibility index (Phi) is 4.14. The van der Waals surface area contributed by atoms with Gasteiger partial charge in [-0.1, -0.05) is 30.3 Å². The van der Waals surface area contributed by atoms with E-state index in [-0.39, 0.29) is 5.56 Å². The van der Waals surface area contributed by atoms with Crippen LogP contribution in [0.5, 0.6) is 0 Å². The van der Waals surface area contributed by atoms with Gasteiger partial charge >= 0.3 is 0 Å². The van der Waals surface area contributed by atoms with Crippen molar-refractivity contribution in [2.45, 2.75) is 38.8 Å². The summed E-state index contributed by atoms with van der Waals surface area (Å²) in [6.45, 7) is 2.70. The Bertz CT molecular complexity index is 976. The van der Waals surface area contributed by atoms with Crippen molar-refractivity contribution >= 4 is 5.65 Å². The normalized spacial score (nSPS) is 18.1. The maximum absolute atomic E-state index is 12.5. The molecular formula is C21H24N3O+. The molecule has 1 aliphatic carbocycles. The van der Waals surface area contributed by atoms with Gasteiger partial charge in [0.1, 0.15) is 23.9 Å². The molecule has 25 heavy (non-hydrogen) atoms. The SMILES string of the molecule is Cc1cccc2nc(C[NH+](C)[C@@H]3CCCc4ccccc43)cc(=O)n12. The number of nitrogens with one attached hydrogen (secondary N) is 1. The molecule has 4 rings (SSSR count). The lowest BCUT2D eigenvalue weighted by atomic mass is 9.87. The van der Waals surface area contributed by atoms with Crippen molar-refractivity contribution in [3.8, 4) is 0 Å². The van der Waals surface area contributed by atoms with Crippen molar-refractivity contribution in [2.24, 2.45) is 0 Å². The largest absolute Gasteiger partial charge is 0.326 e. The van der Waals surface area contributed by atoms with Gasteiger partial charge in [-0.05, 0) is 37.5 Å². The minimum Gasteiger partial charge on any atom is -0.326 e. The highest BCUT2D eigenvalue weighted by molar-refractivity contribution is 5.40. The molecule has 0 radical (unpaired) electrons. The highest BCUT2D eigenvalue weighted by atomic mass is 16.1. The number of quaternary nitrogens is 1. The molecule has 1 unspecified atom stereocenters. The molecule has 2 heterocycles. The number of benzene rings is 1. The number of hydrogen-bond donors (Lipinski definition) is 1. The summed E-state index contributed by atoms with van der Waals surface area (Å²) in [4.78, 5) is 18.6. The Morgan fingerprint density at radius 3 is 2.92 bits per heavy atom. The van der Waals surface area contributed by atoms with Crippen LogP contribution >= 0.6 is 0 Å². The zero-order valence-electron chi connectivity index (χ0n) is 14.8. The fourth-order valence-corrected chi connectivity index (χ4v) is 4.13. The number of hydrogen-bond acceptors (Lipinski definition) is 2. The lowest BCUT2D eigenvalue weighted by Gasteiger charge is -2.30. The van der Waals surface area contributed by atoms with Gasteiger partial charge in [-0.3, -0.25) is 9.20 Å². The van der Waals surface area contributed by atoms with Gasteiger partial charge < -0.3 is 4.90 Å². The molecule has 0 aliphatic heterocycles. The molecular weight excluding hydrogens is 310 g/mol. The van der Waals surface area contributed by atoms with E-state index in [9.17, 15) is 4.79 Å². The fraction of sp³-hybridized carbons (Fsp3) is 0.333. The average Bonchev–Trinajstić information content (AvgIpc) is 2.61. The number of rotatable bonds is 3. The molecule has 0 fully saturated rings. The van der Waals surface area contributed by atoms with Crippen molar-refractivity contribution in [2.75, 3.05) is 7.05 Å². The second-order valence-corrected chi connectivity index (χ2v) is 7.11. The molecule has 1 N–H and O–H groups in total. The van der Waals surface area contributed by atoms with Crippen LogP contribution in [0.15, 0.2) is 53.3 Å². The third kappa shape index (κ3) is 2.98. The monoisotopic (exact) mass is 334 g/mol. The van der Waals surface area contributed by atoms with E-state index < -0.39 is 0 Å². The van der Waals surface area contributed by atoms with Crippen molar-refractivity contribution in [3.05, 3.63) is 81.4 Å². The molecule has 2 atom stereocenters. The predicted molar refractivity (Wildman–Crippen MR) is 98.9 cm³/mol. The van der Waals surface area contributed by atoms with Gasteiger partial charge in [0, 0.05) is 23.7 Å². The Balaban J connectivity index is 1.65. The van der Waals surface area contributed by atoms with E-state index >= 15 is 0 Å². The van der Waals surface area contributed by atoms with Crippen LogP contribution in [-0.4, -0.2) is 16.4 Å². The Labute approximate surface area is 147 Å². The van der Waals surface area contributed by atoms with E-state index in [4.69, 9.17) is 4.98 Å². The van der Waals surface area contributed by atoms with Crippen molar-refractivity contribution in [1.82, 2.24) is 9.38 Å². The standard InChI is InChI=1S/C21H23N3O/c1-15-7-5-12-20-22-17(13-21(25)24(15)20)14-23(2)19-11-6-9-16-8-3-4-10-18(16)19/h3-5,7-8,10,12-13,19H,6,9,11,14H2,1-2H3/p+1/t19-/m1/s1. The lowest BCUT2D eigenvalue weighted by molar-refractivity contribution is -0.927. The predicted octanol–water partition coefficient (Wildman–Crippen LogP) is 2.10. The minimum absolute atomic E-state index is 0.00921. The van der Waals surface area contributed by atoms with Crippen LogP contribution in [-0.2, 0) is 13.0 Å². The summed E-state index contributed by atoms with van der Waals surface area (Å²) in [5, 5.41) is 0.